The topological polar surface area (TPSA) is 114 Å². The standard InChI is InChI=1S/C29H22F5N5O3/c30-19-14-39(15-19)28(41)18-4-5-21(24(31)10-18)17-3-6-22(23(9-17)29(32,33)34)27-38-13-20(42-27)12-37-26(40)8-2-16-1-7-25(35)36-11-16/h1-11,13,19H,12,14-15H2,(H2,35,36)(H,37,40)/b8-2+. The third kappa shape index (κ3) is 6.29. The maximum Gasteiger partial charge on any atom is 0.417 e. The lowest BCUT2D eigenvalue weighted by Crippen LogP contribution is -2.51. The van der Waals surface area contributed by atoms with Gasteiger partial charge in [0, 0.05) is 29.0 Å². The van der Waals surface area contributed by atoms with Crippen LogP contribution >= 0.6 is 0 Å². The Morgan fingerprint density at radius 2 is 1.81 bits per heavy atom. The smallest absolute Gasteiger partial charge is 0.417 e. The van der Waals surface area contributed by atoms with E-state index in [4.69, 9.17) is 10.2 Å². The van der Waals surface area contributed by atoms with E-state index >= 15 is 0 Å². The first-order valence-electron chi connectivity index (χ1n) is 12.5. The number of nitrogens with zero attached hydrogens (tertiary/aromatic N) is 3. The van der Waals surface area contributed by atoms with E-state index in [0.29, 0.717) is 11.4 Å². The van der Waals surface area contributed by atoms with E-state index in [2.05, 4.69) is 15.3 Å². The molecule has 1 fully saturated rings. The maximum atomic E-state index is 14.9. The summed E-state index contributed by atoms with van der Waals surface area (Å²) in [4.78, 5) is 33.5. The summed E-state index contributed by atoms with van der Waals surface area (Å²) < 4.78 is 75.6. The van der Waals surface area contributed by atoms with Crippen molar-refractivity contribution in [2.45, 2.75) is 18.9 Å². The largest absolute Gasteiger partial charge is 0.439 e. The van der Waals surface area contributed by atoms with Crippen LogP contribution in [-0.4, -0.2) is 45.9 Å². The lowest BCUT2D eigenvalue weighted by Gasteiger charge is -2.34. The fourth-order valence-electron chi connectivity index (χ4n) is 4.22. The number of hydrogen-bond acceptors (Lipinski definition) is 6. The normalized spacial score (nSPS) is 13.8. The number of carbonyl (C=O) groups excluding carboxylic acids is 2. The summed E-state index contributed by atoms with van der Waals surface area (Å²) in [5, 5.41) is 2.54. The highest BCUT2D eigenvalue weighted by Crippen LogP contribution is 2.40. The average molecular weight is 584 g/mol. The Labute approximate surface area is 235 Å². The van der Waals surface area contributed by atoms with E-state index in [0.717, 1.165) is 18.2 Å². The summed E-state index contributed by atoms with van der Waals surface area (Å²) in [5.74, 6) is -1.87. The number of halogens is 5. The lowest BCUT2D eigenvalue weighted by molar-refractivity contribution is -0.137. The van der Waals surface area contributed by atoms with Gasteiger partial charge < -0.3 is 20.4 Å². The number of anilines is 1. The van der Waals surface area contributed by atoms with Crippen LogP contribution in [0.4, 0.5) is 27.8 Å². The van der Waals surface area contributed by atoms with Crippen molar-refractivity contribution in [3.63, 3.8) is 0 Å². The van der Waals surface area contributed by atoms with E-state index in [-0.39, 0.29) is 53.5 Å². The van der Waals surface area contributed by atoms with Crippen molar-refractivity contribution in [3.05, 3.63) is 95.3 Å². The second-order valence-corrected chi connectivity index (χ2v) is 9.46. The number of alkyl halides is 4. The molecule has 0 bridgehead atoms. The van der Waals surface area contributed by atoms with Crippen LogP contribution in [0.1, 0.15) is 27.2 Å². The number of nitrogen functional groups attached to an aromatic ring is 1. The number of nitrogens with one attached hydrogen (secondary N) is 1. The third-order valence-electron chi connectivity index (χ3n) is 6.43. The molecule has 1 saturated heterocycles. The molecule has 2 aromatic heterocycles. The number of amides is 2. The number of benzene rings is 2. The zero-order chi connectivity index (χ0) is 30.0. The van der Waals surface area contributed by atoms with E-state index in [1.54, 1.807) is 12.1 Å². The van der Waals surface area contributed by atoms with Crippen molar-refractivity contribution < 1.29 is 36.0 Å². The van der Waals surface area contributed by atoms with Crippen molar-refractivity contribution in [3.8, 4) is 22.6 Å². The van der Waals surface area contributed by atoms with Crippen molar-refractivity contribution >= 4 is 23.7 Å². The average Bonchev–Trinajstić information content (AvgIpc) is 3.42. The SMILES string of the molecule is Nc1ccc(/C=C/C(=O)NCc2cnc(-c3ccc(-c4ccc(C(=O)N5CC(F)C5)cc4F)cc3C(F)(F)F)o2)cn1. The van der Waals surface area contributed by atoms with Crippen LogP contribution in [0.15, 0.2) is 71.4 Å². The Bertz CT molecular complexity index is 1660. The maximum absolute atomic E-state index is 14.9. The van der Waals surface area contributed by atoms with E-state index < -0.39 is 35.5 Å². The first-order chi connectivity index (χ1) is 20.0. The number of nitrogens with two attached hydrogens (primary N) is 1. The third-order valence-corrected chi connectivity index (χ3v) is 6.43. The summed E-state index contributed by atoms with van der Waals surface area (Å²) in [6.45, 7) is -0.324. The van der Waals surface area contributed by atoms with Crippen molar-refractivity contribution in [1.82, 2.24) is 20.2 Å². The molecule has 13 heteroatoms. The van der Waals surface area contributed by atoms with Gasteiger partial charge in [0.2, 0.25) is 11.8 Å². The summed E-state index contributed by atoms with van der Waals surface area (Å²) >= 11 is 0. The number of carbonyl (C=O) groups is 2. The van der Waals surface area contributed by atoms with Crippen LogP contribution in [0.5, 0.6) is 0 Å². The minimum absolute atomic E-state index is 0.0343. The molecule has 0 unspecified atom stereocenters. The fourth-order valence-corrected chi connectivity index (χ4v) is 4.22. The summed E-state index contributed by atoms with van der Waals surface area (Å²) in [7, 11) is 0. The summed E-state index contributed by atoms with van der Waals surface area (Å²) in [6, 6.07) is 9.79. The first-order valence-corrected chi connectivity index (χ1v) is 12.5. The second-order valence-electron chi connectivity index (χ2n) is 9.46. The van der Waals surface area contributed by atoms with Crippen LogP contribution in [0.3, 0.4) is 0 Å². The Morgan fingerprint density at radius 1 is 1.05 bits per heavy atom. The monoisotopic (exact) mass is 583 g/mol. The number of rotatable bonds is 7. The van der Waals surface area contributed by atoms with Crippen molar-refractivity contribution in [2.24, 2.45) is 0 Å². The quantitative estimate of drug-likeness (QED) is 0.227. The van der Waals surface area contributed by atoms with Gasteiger partial charge in [-0.2, -0.15) is 13.2 Å². The van der Waals surface area contributed by atoms with Gasteiger partial charge in [-0.15, -0.1) is 0 Å². The molecule has 8 nitrogen and oxygen atoms in total. The zero-order valence-electron chi connectivity index (χ0n) is 21.7. The van der Waals surface area contributed by atoms with Crippen molar-refractivity contribution in [1.29, 1.82) is 0 Å². The van der Waals surface area contributed by atoms with Gasteiger partial charge in [0.05, 0.1) is 31.4 Å². The fraction of sp³-hybridized carbons (Fsp3) is 0.172. The highest BCUT2D eigenvalue weighted by atomic mass is 19.4. The molecule has 2 amide bonds. The summed E-state index contributed by atoms with van der Waals surface area (Å²) in [5.41, 5.74) is 4.37. The van der Waals surface area contributed by atoms with Gasteiger partial charge in [0.15, 0.2) is 0 Å². The van der Waals surface area contributed by atoms with Crippen LogP contribution in [0.2, 0.25) is 0 Å². The number of pyridine rings is 1. The molecule has 216 valence electrons. The molecular weight excluding hydrogens is 561 g/mol. The van der Waals surface area contributed by atoms with Gasteiger partial charge in [-0.1, -0.05) is 12.1 Å². The molecule has 5 rings (SSSR count). The molecule has 0 atom stereocenters. The zero-order valence-corrected chi connectivity index (χ0v) is 21.7. The van der Waals surface area contributed by atoms with E-state index in [1.165, 1.54) is 47.6 Å². The second kappa shape index (κ2) is 11.4. The molecule has 1 aliphatic rings. The van der Waals surface area contributed by atoms with Crippen LogP contribution in [0, 0.1) is 5.82 Å². The molecule has 42 heavy (non-hydrogen) atoms. The Hall–Kier alpha value is -5.07. The molecule has 0 aliphatic carbocycles. The molecule has 1 aliphatic heterocycles. The summed E-state index contributed by atoms with van der Waals surface area (Å²) in [6.07, 6.45) is -0.550. The van der Waals surface area contributed by atoms with Gasteiger partial charge in [0.25, 0.3) is 5.91 Å². The van der Waals surface area contributed by atoms with Gasteiger partial charge in [-0.3, -0.25) is 9.59 Å². The van der Waals surface area contributed by atoms with Crippen LogP contribution < -0.4 is 11.1 Å². The molecule has 0 saturated carbocycles. The first kappa shape index (κ1) is 28.5. The molecule has 2 aromatic carbocycles. The minimum atomic E-state index is -4.84. The molecule has 0 radical (unpaired) electrons. The number of aromatic nitrogens is 2. The number of oxazole rings is 1. The lowest BCUT2D eigenvalue weighted by atomic mass is 9.97. The predicted octanol–water partition coefficient (Wildman–Crippen LogP) is 5.27. The van der Waals surface area contributed by atoms with Crippen molar-refractivity contribution in [2.75, 3.05) is 18.8 Å². The van der Waals surface area contributed by atoms with Gasteiger partial charge in [0.1, 0.15) is 23.6 Å². The van der Waals surface area contributed by atoms with E-state index in [1.807, 2.05) is 0 Å². The Morgan fingerprint density at radius 3 is 2.48 bits per heavy atom. The molecule has 0 spiro atoms. The minimum Gasteiger partial charge on any atom is -0.439 e. The molecule has 4 aromatic rings. The van der Waals surface area contributed by atoms with E-state index in [9.17, 15) is 31.5 Å². The predicted molar refractivity (Wildman–Crippen MR) is 143 cm³/mol. The van der Waals surface area contributed by atoms with Crippen LogP contribution in [-0.2, 0) is 17.5 Å². The Kier molecular flexibility index (Phi) is 7.74. The van der Waals surface area contributed by atoms with Gasteiger partial charge in [-0.05, 0) is 53.6 Å². The van der Waals surface area contributed by atoms with Crippen LogP contribution in [0.25, 0.3) is 28.7 Å². The van der Waals surface area contributed by atoms with Gasteiger partial charge in [-0.25, -0.2) is 18.7 Å². The Balaban J connectivity index is 1.32. The molecule has 3 N–H and O–H groups in total. The van der Waals surface area contributed by atoms with Gasteiger partial charge >= 0.3 is 6.18 Å². The number of likely N-dealkylation sites (tertiary alicyclic amines) is 1. The number of hydrogen-bond donors (Lipinski definition) is 2. The highest BCUT2D eigenvalue weighted by molar-refractivity contribution is 5.95. The molecular formula is C29H22F5N5O3. The molecule has 3 heterocycles. The highest BCUT2D eigenvalue weighted by Gasteiger charge is 2.36.